The average molecular weight is 571 g/mol. The van der Waals surface area contributed by atoms with E-state index in [-0.39, 0.29) is 0 Å². The fraction of sp³-hybridized carbons (Fsp3) is 0. The number of pyridine rings is 1. The van der Waals surface area contributed by atoms with Crippen molar-refractivity contribution in [2.24, 2.45) is 0 Å². The Morgan fingerprint density at radius 2 is 0.953 bits per heavy atom. The molecule has 7 heteroatoms. The van der Waals surface area contributed by atoms with Crippen LogP contribution in [0.3, 0.4) is 0 Å². The molecule has 0 aliphatic carbocycles. The summed E-state index contributed by atoms with van der Waals surface area (Å²) >= 11 is 1.62. The summed E-state index contributed by atoms with van der Waals surface area (Å²) in [7, 11) is 0. The Labute approximate surface area is 251 Å². The van der Waals surface area contributed by atoms with Gasteiger partial charge in [-0.05, 0) is 11.6 Å². The first-order valence-corrected chi connectivity index (χ1v) is 14.7. The summed E-state index contributed by atoms with van der Waals surface area (Å²) < 4.78 is 1.01. The molecule has 43 heavy (non-hydrogen) atoms. The van der Waals surface area contributed by atoms with Crippen molar-refractivity contribution >= 4 is 31.8 Å². The van der Waals surface area contributed by atoms with E-state index < -0.39 is 0 Å². The summed E-state index contributed by atoms with van der Waals surface area (Å²) in [6.07, 6.45) is 3.56. The van der Waals surface area contributed by atoms with E-state index in [0.717, 1.165) is 59.5 Å². The second-order valence-electron chi connectivity index (χ2n) is 10.1. The van der Waals surface area contributed by atoms with Gasteiger partial charge in [0.15, 0.2) is 17.5 Å². The summed E-state index contributed by atoms with van der Waals surface area (Å²) in [6.45, 7) is 0. The van der Waals surface area contributed by atoms with Crippen LogP contribution in [-0.2, 0) is 0 Å². The molecule has 0 radical (unpaired) electrons. The molecule has 0 fully saturated rings. The Morgan fingerprint density at radius 1 is 0.442 bits per heavy atom. The van der Waals surface area contributed by atoms with Crippen molar-refractivity contribution in [1.29, 1.82) is 0 Å². The van der Waals surface area contributed by atoms with Crippen LogP contribution in [-0.4, -0.2) is 29.9 Å². The quantitative estimate of drug-likeness (QED) is 0.206. The van der Waals surface area contributed by atoms with E-state index in [0.29, 0.717) is 17.5 Å². The van der Waals surface area contributed by atoms with E-state index in [4.69, 9.17) is 24.9 Å². The third-order valence-corrected chi connectivity index (χ3v) is 8.44. The highest BCUT2D eigenvalue weighted by atomic mass is 32.1. The number of hydrogen-bond donors (Lipinski definition) is 0. The summed E-state index contributed by atoms with van der Waals surface area (Å²) in [5, 5.41) is 1.04. The average Bonchev–Trinajstić information content (AvgIpc) is 3.48. The van der Waals surface area contributed by atoms with Crippen molar-refractivity contribution in [2.75, 3.05) is 0 Å². The first kappa shape index (κ1) is 25.1. The van der Waals surface area contributed by atoms with Gasteiger partial charge in [0.25, 0.3) is 0 Å². The Balaban J connectivity index is 1.20. The monoisotopic (exact) mass is 570 g/mol. The molecular formula is C36H22N6S. The summed E-state index contributed by atoms with van der Waals surface area (Å²) in [5.74, 6) is 1.89. The molecule has 0 spiro atoms. The maximum Gasteiger partial charge on any atom is 0.164 e. The molecule has 0 atom stereocenters. The van der Waals surface area contributed by atoms with Crippen molar-refractivity contribution in [3.63, 3.8) is 0 Å². The lowest BCUT2D eigenvalue weighted by molar-refractivity contribution is 1.07. The highest BCUT2D eigenvalue weighted by Crippen LogP contribution is 2.38. The van der Waals surface area contributed by atoms with E-state index in [2.05, 4.69) is 35.3 Å². The van der Waals surface area contributed by atoms with Gasteiger partial charge in [0.1, 0.15) is 11.2 Å². The summed E-state index contributed by atoms with van der Waals surface area (Å²) in [4.78, 5) is 29.6. The zero-order chi connectivity index (χ0) is 28.6. The highest BCUT2D eigenvalue weighted by Gasteiger charge is 2.16. The van der Waals surface area contributed by atoms with E-state index in [1.54, 1.807) is 17.7 Å². The normalized spacial score (nSPS) is 11.3. The van der Waals surface area contributed by atoms with Crippen molar-refractivity contribution in [3.8, 4) is 56.5 Å². The van der Waals surface area contributed by atoms with E-state index in [9.17, 15) is 0 Å². The molecule has 8 rings (SSSR count). The fourth-order valence-electron chi connectivity index (χ4n) is 5.17. The zero-order valence-corrected chi connectivity index (χ0v) is 23.6. The smallest absolute Gasteiger partial charge is 0.164 e. The van der Waals surface area contributed by atoms with Gasteiger partial charge in [-0.15, -0.1) is 11.3 Å². The molecular weight excluding hydrogens is 549 g/mol. The molecule has 0 aliphatic heterocycles. The highest BCUT2D eigenvalue weighted by molar-refractivity contribution is 7.25. The predicted molar refractivity (Wildman–Crippen MR) is 173 cm³/mol. The minimum absolute atomic E-state index is 0.617. The number of hydrogen-bond acceptors (Lipinski definition) is 7. The number of nitrogens with zero attached hydrogens (tertiary/aromatic N) is 6. The summed E-state index contributed by atoms with van der Waals surface area (Å²) in [6, 6.07) is 40.7. The van der Waals surface area contributed by atoms with Gasteiger partial charge in [0.2, 0.25) is 0 Å². The van der Waals surface area contributed by atoms with E-state index >= 15 is 0 Å². The SMILES string of the molecule is c1ccc(-c2cnc3sc4c(-c5ccc(-c6nc(-c7ccccc7)nc(-c7ccccc7)n6)cc5)ncnc4c3c2)cc1. The molecule has 0 amide bonds. The van der Waals surface area contributed by atoms with Crippen LogP contribution in [0.4, 0.5) is 0 Å². The predicted octanol–water partition coefficient (Wildman–Crippen LogP) is 8.76. The van der Waals surface area contributed by atoms with Gasteiger partial charge < -0.3 is 0 Å². The Morgan fingerprint density at radius 3 is 1.53 bits per heavy atom. The number of benzene rings is 4. The van der Waals surface area contributed by atoms with Gasteiger partial charge in [0, 0.05) is 39.4 Å². The van der Waals surface area contributed by atoms with Crippen molar-refractivity contribution in [2.45, 2.75) is 0 Å². The molecule has 4 aromatic heterocycles. The molecule has 0 bridgehead atoms. The molecule has 0 aliphatic rings. The maximum atomic E-state index is 4.86. The Hall–Kier alpha value is -5.66. The fourth-order valence-corrected chi connectivity index (χ4v) is 6.26. The van der Waals surface area contributed by atoms with Crippen LogP contribution in [0, 0.1) is 0 Å². The van der Waals surface area contributed by atoms with Gasteiger partial charge >= 0.3 is 0 Å². The first-order valence-electron chi connectivity index (χ1n) is 13.9. The van der Waals surface area contributed by atoms with Gasteiger partial charge in [0.05, 0.1) is 15.9 Å². The number of aromatic nitrogens is 6. The maximum absolute atomic E-state index is 4.86. The first-order chi connectivity index (χ1) is 21.3. The van der Waals surface area contributed by atoms with Gasteiger partial charge in [-0.25, -0.2) is 29.9 Å². The molecule has 4 aromatic carbocycles. The van der Waals surface area contributed by atoms with Crippen molar-refractivity contribution < 1.29 is 0 Å². The van der Waals surface area contributed by atoms with Crippen LogP contribution in [0.5, 0.6) is 0 Å². The molecule has 0 unspecified atom stereocenters. The third-order valence-electron chi connectivity index (χ3n) is 7.33. The minimum Gasteiger partial charge on any atom is -0.245 e. The molecule has 0 saturated carbocycles. The van der Waals surface area contributed by atoms with Gasteiger partial charge in [-0.2, -0.15) is 0 Å². The number of thiophene rings is 1. The second kappa shape index (κ2) is 10.6. The molecule has 202 valence electrons. The van der Waals surface area contributed by atoms with Gasteiger partial charge in [-0.3, -0.25) is 0 Å². The molecule has 4 heterocycles. The lowest BCUT2D eigenvalue weighted by Crippen LogP contribution is -2.00. The van der Waals surface area contributed by atoms with Crippen molar-refractivity contribution in [1.82, 2.24) is 29.9 Å². The van der Waals surface area contributed by atoms with E-state index in [1.807, 2.05) is 97.2 Å². The van der Waals surface area contributed by atoms with E-state index in [1.165, 1.54) is 0 Å². The van der Waals surface area contributed by atoms with Crippen LogP contribution in [0.15, 0.2) is 134 Å². The number of fused-ring (bicyclic) bond motifs is 3. The van der Waals surface area contributed by atoms with Gasteiger partial charge in [-0.1, -0.05) is 115 Å². The van der Waals surface area contributed by atoms with Crippen LogP contribution in [0.1, 0.15) is 0 Å². The zero-order valence-electron chi connectivity index (χ0n) is 22.8. The topological polar surface area (TPSA) is 77.3 Å². The Bertz CT molecular complexity index is 2160. The molecule has 6 nitrogen and oxygen atoms in total. The van der Waals surface area contributed by atoms with Crippen LogP contribution < -0.4 is 0 Å². The lowest BCUT2D eigenvalue weighted by Gasteiger charge is -2.09. The van der Waals surface area contributed by atoms with Crippen LogP contribution >= 0.6 is 11.3 Å². The number of rotatable bonds is 5. The minimum atomic E-state index is 0.617. The molecule has 8 aromatic rings. The van der Waals surface area contributed by atoms with Crippen LogP contribution in [0.25, 0.3) is 77.0 Å². The lowest BCUT2D eigenvalue weighted by atomic mass is 10.1. The molecule has 0 saturated heterocycles. The Kier molecular flexibility index (Phi) is 6.20. The molecule has 0 N–H and O–H groups in total. The van der Waals surface area contributed by atoms with Crippen molar-refractivity contribution in [3.05, 3.63) is 134 Å². The largest absolute Gasteiger partial charge is 0.245 e. The van der Waals surface area contributed by atoms with Crippen LogP contribution in [0.2, 0.25) is 0 Å². The second-order valence-corrected chi connectivity index (χ2v) is 11.1. The summed E-state index contributed by atoms with van der Waals surface area (Å²) in [5.41, 5.74) is 7.77. The third kappa shape index (κ3) is 4.71. The standard InChI is InChI=1S/C36H22N6S/c1-4-10-23(11-5-1)28-20-29-31-32(43-36(29)37-21-28)30(38-22-39-31)24-16-18-27(19-17-24)35-41-33(25-12-6-2-7-13-25)40-34(42-35)26-14-8-3-9-15-26/h1-22H.